The van der Waals surface area contributed by atoms with Crippen molar-refractivity contribution in [2.24, 2.45) is 0 Å². The van der Waals surface area contributed by atoms with E-state index in [0.717, 1.165) is 16.8 Å². The molecule has 2 aromatic heterocycles. The Labute approximate surface area is 156 Å². The molecule has 1 aliphatic heterocycles. The van der Waals surface area contributed by atoms with Gasteiger partial charge in [0.15, 0.2) is 11.6 Å². The number of aliphatic hydroxyl groups excluding tert-OH is 1. The number of rotatable bonds is 7. The minimum absolute atomic E-state index is 0.0186. The van der Waals surface area contributed by atoms with E-state index < -0.39 is 0 Å². The van der Waals surface area contributed by atoms with E-state index in [-0.39, 0.29) is 12.6 Å². The Morgan fingerprint density at radius 3 is 3.07 bits per heavy atom. The number of dihydropyridines is 1. The summed E-state index contributed by atoms with van der Waals surface area (Å²) in [6, 6.07) is -0.0681. The monoisotopic (exact) mass is 366 g/mol. The molecule has 140 valence electrons. The number of aromatic nitrogens is 4. The summed E-state index contributed by atoms with van der Waals surface area (Å²) in [6.45, 7) is 2.44. The van der Waals surface area contributed by atoms with Gasteiger partial charge in [-0.25, -0.2) is 9.97 Å². The lowest BCUT2D eigenvalue weighted by Gasteiger charge is -2.20. The molecule has 27 heavy (non-hydrogen) atoms. The lowest BCUT2D eigenvalue weighted by atomic mass is 10.1. The molecule has 9 nitrogen and oxygen atoms in total. The number of nitrogens with zero attached hydrogens (tertiary/aromatic N) is 4. The topological polar surface area (TPSA) is 138 Å². The molecule has 1 atom stereocenters. The van der Waals surface area contributed by atoms with Crippen LogP contribution >= 0.6 is 0 Å². The van der Waals surface area contributed by atoms with E-state index in [2.05, 4.69) is 25.7 Å². The minimum atomic E-state index is -0.0681. The van der Waals surface area contributed by atoms with Crippen LogP contribution in [0.25, 0.3) is 11.3 Å². The van der Waals surface area contributed by atoms with Crippen LogP contribution < -0.4 is 16.4 Å². The molecule has 2 aromatic rings. The Hall–Kier alpha value is -3.46. The largest absolute Gasteiger partial charge is 0.394 e. The van der Waals surface area contributed by atoms with E-state index in [9.17, 15) is 0 Å². The smallest absolute Gasteiger partial charge is 0.170 e. The van der Waals surface area contributed by atoms with E-state index in [1.54, 1.807) is 29.3 Å². The predicted molar refractivity (Wildman–Crippen MR) is 105 cm³/mol. The molecule has 3 heterocycles. The van der Waals surface area contributed by atoms with E-state index in [1.807, 2.05) is 25.3 Å². The Bertz CT molecular complexity index is 912. The number of hydrogen-bond acceptors (Lipinski definition) is 8. The molecule has 1 aliphatic rings. The van der Waals surface area contributed by atoms with Crippen molar-refractivity contribution < 1.29 is 5.11 Å². The molecule has 9 heteroatoms. The van der Waals surface area contributed by atoms with E-state index in [4.69, 9.17) is 16.2 Å². The Balaban J connectivity index is 1.81. The Morgan fingerprint density at radius 1 is 1.44 bits per heavy atom. The normalized spacial score (nSPS) is 15.9. The van der Waals surface area contributed by atoms with Gasteiger partial charge in [0.2, 0.25) is 0 Å². The van der Waals surface area contributed by atoms with Gasteiger partial charge in [-0.1, -0.05) is 0 Å². The molecule has 0 aromatic carbocycles. The van der Waals surface area contributed by atoms with Crippen molar-refractivity contribution in [3.05, 3.63) is 54.3 Å². The SMILES string of the molecule is CC(Nc1nc(-c2cnn(CCO)c2)cnc1N)C1=C/C(=C/C=N)NC=C1. The first kappa shape index (κ1) is 18.3. The number of aliphatic hydroxyl groups is 1. The fourth-order valence-electron chi connectivity index (χ4n) is 2.61. The minimum Gasteiger partial charge on any atom is -0.394 e. The molecule has 0 amide bonds. The number of hydrogen-bond donors (Lipinski definition) is 5. The molecule has 6 N–H and O–H groups in total. The summed E-state index contributed by atoms with van der Waals surface area (Å²) in [5, 5.41) is 26.7. The van der Waals surface area contributed by atoms with Crippen LogP contribution in [0.3, 0.4) is 0 Å². The summed E-state index contributed by atoms with van der Waals surface area (Å²) in [5.74, 6) is 0.794. The highest BCUT2D eigenvalue weighted by atomic mass is 16.3. The molecule has 0 fully saturated rings. The van der Waals surface area contributed by atoms with E-state index in [1.165, 1.54) is 6.21 Å². The maximum absolute atomic E-state index is 9.01. The van der Waals surface area contributed by atoms with Crippen molar-refractivity contribution in [1.82, 2.24) is 25.1 Å². The molecule has 3 rings (SSSR count). The third-order valence-electron chi connectivity index (χ3n) is 4.02. The van der Waals surface area contributed by atoms with Gasteiger partial charge in [-0.05, 0) is 30.7 Å². The molecule has 0 bridgehead atoms. The van der Waals surface area contributed by atoms with E-state index >= 15 is 0 Å². The summed E-state index contributed by atoms with van der Waals surface area (Å²) >= 11 is 0. The van der Waals surface area contributed by atoms with Crippen molar-refractivity contribution in [3.63, 3.8) is 0 Å². The highest BCUT2D eigenvalue weighted by Crippen LogP contribution is 2.23. The van der Waals surface area contributed by atoms with Crippen molar-refractivity contribution in [3.8, 4) is 11.3 Å². The molecule has 0 aliphatic carbocycles. The van der Waals surface area contributed by atoms with Crippen LogP contribution in [-0.2, 0) is 6.54 Å². The van der Waals surface area contributed by atoms with Crippen LogP contribution in [-0.4, -0.2) is 43.7 Å². The number of nitrogens with one attached hydrogen (secondary N) is 3. The lowest BCUT2D eigenvalue weighted by Crippen LogP contribution is -2.22. The third-order valence-corrected chi connectivity index (χ3v) is 4.02. The zero-order valence-electron chi connectivity index (χ0n) is 14.9. The number of allylic oxidation sites excluding steroid dienone is 2. The Kier molecular flexibility index (Phi) is 5.62. The number of nitrogen functional groups attached to an aromatic ring is 1. The first-order valence-corrected chi connectivity index (χ1v) is 8.49. The summed E-state index contributed by atoms with van der Waals surface area (Å²) in [5.41, 5.74) is 9.28. The maximum Gasteiger partial charge on any atom is 0.170 e. The standard InChI is InChI=1S/C18H22N8O/c1-12(13-3-5-21-15(8-13)2-4-19)24-18-17(20)22-10-16(25-18)14-9-23-26(11-14)6-7-27/h2-5,8-12,19,21,27H,6-7H2,1H3,(H2,20,22)(H,24,25)/b15-2-,19-4?. The van der Waals surface area contributed by atoms with Gasteiger partial charge in [0.05, 0.1) is 37.3 Å². The van der Waals surface area contributed by atoms with Crippen LogP contribution in [0, 0.1) is 5.41 Å². The lowest BCUT2D eigenvalue weighted by molar-refractivity contribution is 0.269. The first-order chi connectivity index (χ1) is 13.1. The zero-order valence-corrected chi connectivity index (χ0v) is 14.9. The van der Waals surface area contributed by atoms with Crippen LogP contribution in [0.4, 0.5) is 11.6 Å². The fraction of sp³-hybridized carbons (Fsp3) is 0.222. The van der Waals surface area contributed by atoms with Gasteiger partial charge >= 0.3 is 0 Å². The molecule has 0 spiro atoms. The molecule has 0 saturated carbocycles. The average Bonchev–Trinajstić information content (AvgIpc) is 3.13. The summed E-state index contributed by atoms with van der Waals surface area (Å²) in [4.78, 5) is 8.80. The second-order valence-electron chi connectivity index (χ2n) is 5.98. The van der Waals surface area contributed by atoms with Crippen molar-refractivity contribution in [2.75, 3.05) is 17.7 Å². The summed E-state index contributed by atoms with van der Waals surface area (Å²) in [6.07, 6.45) is 13.7. The molecular formula is C18H22N8O. The van der Waals surface area contributed by atoms with Crippen LogP contribution in [0.5, 0.6) is 0 Å². The predicted octanol–water partition coefficient (Wildman–Crippen LogP) is 1.29. The zero-order chi connectivity index (χ0) is 19.2. The number of nitrogens with two attached hydrogens (primary N) is 1. The van der Waals surface area contributed by atoms with Crippen molar-refractivity contribution >= 4 is 17.9 Å². The average molecular weight is 366 g/mol. The van der Waals surface area contributed by atoms with Crippen LogP contribution in [0.15, 0.2) is 54.3 Å². The van der Waals surface area contributed by atoms with Gasteiger partial charge in [-0.2, -0.15) is 5.10 Å². The van der Waals surface area contributed by atoms with Gasteiger partial charge in [-0.3, -0.25) is 4.68 Å². The second-order valence-corrected chi connectivity index (χ2v) is 5.98. The van der Waals surface area contributed by atoms with Crippen LogP contribution in [0.1, 0.15) is 6.92 Å². The molecule has 1 unspecified atom stereocenters. The van der Waals surface area contributed by atoms with Gasteiger partial charge < -0.3 is 26.9 Å². The summed E-state index contributed by atoms with van der Waals surface area (Å²) in [7, 11) is 0. The second kappa shape index (κ2) is 8.28. The third kappa shape index (κ3) is 4.39. The quantitative estimate of drug-likeness (QED) is 0.466. The Morgan fingerprint density at radius 2 is 2.30 bits per heavy atom. The highest BCUT2D eigenvalue weighted by Gasteiger charge is 2.14. The highest BCUT2D eigenvalue weighted by molar-refractivity contribution is 5.70. The van der Waals surface area contributed by atoms with Gasteiger partial charge in [-0.15, -0.1) is 0 Å². The van der Waals surface area contributed by atoms with Crippen molar-refractivity contribution in [1.29, 1.82) is 5.41 Å². The van der Waals surface area contributed by atoms with Crippen molar-refractivity contribution in [2.45, 2.75) is 19.5 Å². The molecule has 0 saturated heterocycles. The van der Waals surface area contributed by atoms with Crippen LogP contribution in [0.2, 0.25) is 0 Å². The van der Waals surface area contributed by atoms with E-state index in [0.29, 0.717) is 23.9 Å². The molecule has 0 radical (unpaired) electrons. The van der Waals surface area contributed by atoms with Gasteiger partial charge in [0.1, 0.15) is 0 Å². The first-order valence-electron chi connectivity index (χ1n) is 8.49. The fourth-order valence-corrected chi connectivity index (χ4v) is 2.61. The molecular weight excluding hydrogens is 344 g/mol. The maximum atomic E-state index is 9.01. The number of anilines is 2. The van der Waals surface area contributed by atoms with Gasteiger partial charge in [0, 0.05) is 29.9 Å². The van der Waals surface area contributed by atoms with Gasteiger partial charge in [0.25, 0.3) is 0 Å². The summed E-state index contributed by atoms with van der Waals surface area (Å²) < 4.78 is 1.64.